The Balaban J connectivity index is 1.09. The maximum absolute atomic E-state index is 15.8. The van der Waals surface area contributed by atoms with Gasteiger partial charge in [0.15, 0.2) is 0 Å². The standard InChI is InChI=1S/C55H55FN4O/c1-35-27-51(57-33-45(35)36-21-23-37(24-22-36)53(2,3)4)60-49-20-14-17-46(56)52(49)44-26-25-43(32-50(44)60)61-42-16-13-15-40(31-42)58-34-59(48-19-12-11-18-47(48)58)41-29-38(54(5,6)7)28-39(30-41)55(8,9)10/h11-33H,34H2,1-10H3/i1D3. The van der Waals surface area contributed by atoms with Gasteiger partial charge in [-0.1, -0.05) is 117 Å². The predicted molar refractivity (Wildman–Crippen MR) is 253 cm³/mol. The van der Waals surface area contributed by atoms with Gasteiger partial charge in [0.2, 0.25) is 0 Å². The van der Waals surface area contributed by atoms with E-state index in [1.165, 1.54) is 17.2 Å². The molecule has 1 aliphatic heterocycles. The van der Waals surface area contributed by atoms with Crippen LogP contribution in [0.2, 0.25) is 0 Å². The number of hydrogen-bond acceptors (Lipinski definition) is 4. The number of halogens is 1. The molecule has 0 unspecified atom stereocenters. The molecule has 3 heterocycles. The molecule has 9 rings (SSSR count). The van der Waals surface area contributed by atoms with E-state index >= 15 is 4.39 Å². The molecule has 0 atom stereocenters. The number of hydrogen-bond donors (Lipinski definition) is 0. The number of aryl methyl sites for hydroxylation is 1. The average molecular weight is 810 g/mol. The van der Waals surface area contributed by atoms with Crippen molar-refractivity contribution in [2.75, 3.05) is 16.5 Å². The van der Waals surface area contributed by atoms with Gasteiger partial charge in [-0.05, 0) is 118 Å². The van der Waals surface area contributed by atoms with E-state index in [0.29, 0.717) is 51.4 Å². The minimum absolute atomic E-state index is 0.0205. The third kappa shape index (κ3) is 7.43. The maximum Gasteiger partial charge on any atom is 0.137 e. The number of rotatable bonds is 6. The molecular formula is C55H55FN4O. The van der Waals surface area contributed by atoms with Crippen LogP contribution in [0.4, 0.5) is 27.1 Å². The van der Waals surface area contributed by atoms with Gasteiger partial charge in [0.1, 0.15) is 29.8 Å². The van der Waals surface area contributed by atoms with Crippen molar-refractivity contribution < 1.29 is 13.2 Å². The summed E-state index contributed by atoms with van der Waals surface area (Å²) < 4.78 is 50.0. The highest BCUT2D eigenvalue weighted by Crippen LogP contribution is 2.47. The Morgan fingerprint density at radius 2 is 1.23 bits per heavy atom. The van der Waals surface area contributed by atoms with Crippen molar-refractivity contribution >= 4 is 44.6 Å². The SMILES string of the molecule is [2H]C([2H])([2H])c1cc(-n2c3cc(Oc4cccc(N5CN(c6cc(C(C)(C)C)cc(C(C)(C)C)c6)c6ccccc65)c4)ccc3c3c(F)cccc32)ncc1-c1ccc(C(C)(C)C)cc1. The molecular weight excluding hydrogens is 752 g/mol. The minimum Gasteiger partial charge on any atom is -0.457 e. The largest absolute Gasteiger partial charge is 0.457 e. The first-order valence-corrected chi connectivity index (χ1v) is 21.1. The molecule has 8 aromatic rings. The highest BCUT2D eigenvalue weighted by molar-refractivity contribution is 6.10. The lowest BCUT2D eigenvalue weighted by Crippen LogP contribution is -2.25. The van der Waals surface area contributed by atoms with E-state index in [2.05, 4.69) is 121 Å². The molecule has 0 spiro atoms. The van der Waals surface area contributed by atoms with Crippen molar-refractivity contribution in [3.63, 3.8) is 0 Å². The minimum atomic E-state index is -2.45. The van der Waals surface area contributed by atoms with Crippen LogP contribution in [0, 0.1) is 12.7 Å². The quantitative estimate of drug-likeness (QED) is 0.168. The van der Waals surface area contributed by atoms with Gasteiger partial charge in [0.25, 0.3) is 0 Å². The summed E-state index contributed by atoms with van der Waals surface area (Å²) in [6, 6.07) is 43.7. The van der Waals surface area contributed by atoms with E-state index < -0.39 is 6.85 Å². The van der Waals surface area contributed by atoms with Gasteiger partial charge in [-0.2, -0.15) is 0 Å². The summed E-state index contributed by atoms with van der Waals surface area (Å²) in [6.07, 6.45) is 1.62. The van der Waals surface area contributed by atoms with Crippen molar-refractivity contribution in [2.24, 2.45) is 0 Å². The molecule has 6 aromatic carbocycles. The molecule has 0 saturated carbocycles. The second kappa shape index (κ2) is 14.7. The molecule has 0 bridgehead atoms. The van der Waals surface area contributed by atoms with E-state index in [1.54, 1.807) is 18.3 Å². The lowest BCUT2D eigenvalue weighted by Gasteiger charge is -2.29. The molecule has 5 nitrogen and oxygen atoms in total. The summed E-state index contributed by atoms with van der Waals surface area (Å²) in [4.78, 5) is 9.56. The van der Waals surface area contributed by atoms with Gasteiger partial charge in [0.05, 0.1) is 22.4 Å². The number of aromatic nitrogens is 2. The number of pyridine rings is 1. The van der Waals surface area contributed by atoms with Gasteiger partial charge >= 0.3 is 0 Å². The zero-order chi connectivity index (χ0) is 45.5. The first-order valence-electron chi connectivity index (χ1n) is 22.6. The summed E-state index contributed by atoms with van der Waals surface area (Å²) in [7, 11) is 0. The lowest BCUT2D eigenvalue weighted by molar-refractivity contribution is 0.483. The van der Waals surface area contributed by atoms with Gasteiger partial charge in [-0.3, -0.25) is 4.57 Å². The number of ether oxygens (including phenoxy) is 1. The van der Waals surface area contributed by atoms with Gasteiger partial charge < -0.3 is 14.5 Å². The highest BCUT2D eigenvalue weighted by atomic mass is 19.1. The summed E-state index contributed by atoms with van der Waals surface area (Å²) in [5.41, 5.74) is 10.7. The maximum atomic E-state index is 15.8. The van der Waals surface area contributed by atoms with Crippen molar-refractivity contribution in [1.29, 1.82) is 0 Å². The van der Waals surface area contributed by atoms with E-state index in [9.17, 15) is 0 Å². The monoisotopic (exact) mass is 809 g/mol. The number of nitrogens with zero attached hydrogens (tertiary/aromatic N) is 4. The van der Waals surface area contributed by atoms with Crippen LogP contribution in [0.15, 0.2) is 140 Å². The number of para-hydroxylation sites is 2. The van der Waals surface area contributed by atoms with E-state index in [4.69, 9.17) is 13.8 Å². The molecule has 308 valence electrons. The van der Waals surface area contributed by atoms with E-state index in [0.717, 1.165) is 33.9 Å². The molecule has 61 heavy (non-hydrogen) atoms. The summed E-state index contributed by atoms with van der Waals surface area (Å²) in [5, 5.41) is 1.08. The molecule has 0 radical (unpaired) electrons. The first kappa shape index (κ1) is 36.5. The van der Waals surface area contributed by atoms with Crippen LogP contribution in [0.1, 0.15) is 88.7 Å². The van der Waals surface area contributed by atoms with Crippen LogP contribution in [-0.4, -0.2) is 16.2 Å². The zero-order valence-electron chi connectivity index (χ0n) is 39.6. The van der Waals surface area contributed by atoms with Gasteiger partial charge in [0, 0.05) is 50.2 Å². The molecule has 0 N–H and O–H groups in total. The topological polar surface area (TPSA) is 33.5 Å². The fourth-order valence-electron chi connectivity index (χ4n) is 8.40. The second-order valence-electron chi connectivity index (χ2n) is 19.4. The fraction of sp³-hybridized carbons (Fsp3) is 0.255. The molecule has 2 aromatic heterocycles. The normalized spacial score (nSPS) is 14.3. The van der Waals surface area contributed by atoms with Crippen LogP contribution in [-0.2, 0) is 16.2 Å². The molecule has 1 aliphatic rings. The molecule has 0 aliphatic carbocycles. The predicted octanol–water partition coefficient (Wildman–Crippen LogP) is 15.2. The Bertz CT molecular complexity index is 3040. The van der Waals surface area contributed by atoms with Crippen molar-refractivity contribution in [3.8, 4) is 28.4 Å². The summed E-state index contributed by atoms with van der Waals surface area (Å²) in [5.74, 6) is 1.16. The highest BCUT2D eigenvalue weighted by Gasteiger charge is 2.30. The van der Waals surface area contributed by atoms with Crippen molar-refractivity contribution in [3.05, 3.63) is 168 Å². The lowest BCUT2D eigenvalue weighted by atomic mass is 9.80. The Hall–Kier alpha value is -6.40. The average Bonchev–Trinajstić information content (AvgIpc) is 3.79. The van der Waals surface area contributed by atoms with Gasteiger partial charge in [-0.25, -0.2) is 9.37 Å². The first-order chi connectivity index (χ1) is 30.1. The number of anilines is 4. The Kier molecular flexibility index (Phi) is 8.76. The Morgan fingerprint density at radius 3 is 1.89 bits per heavy atom. The van der Waals surface area contributed by atoms with E-state index in [-0.39, 0.29) is 27.6 Å². The Labute approximate surface area is 364 Å². The summed E-state index contributed by atoms with van der Waals surface area (Å²) in [6.45, 7) is 18.2. The number of fused-ring (bicyclic) bond motifs is 4. The zero-order valence-corrected chi connectivity index (χ0v) is 36.6. The van der Waals surface area contributed by atoms with Gasteiger partial charge in [-0.15, -0.1) is 0 Å². The van der Waals surface area contributed by atoms with Crippen LogP contribution in [0.3, 0.4) is 0 Å². The van der Waals surface area contributed by atoms with Crippen LogP contribution in [0.5, 0.6) is 11.5 Å². The van der Waals surface area contributed by atoms with E-state index in [1.807, 2.05) is 71.3 Å². The van der Waals surface area contributed by atoms with Crippen molar-refractivity contribution in [1.82, 2.24) is 9.55 Å². The molecule has 0 amide bonds. The summed E-state index contributed by atoms with van der Waals surface area (Å²) >= 11 is 0. The smallest absolute Gasteiger partial charge is 0.137 e. The fourth-order valence-corrected chi connectivity index (χ4v) is 8.40. The van der Waals surface area contributed by atoms with Crippen molar-refractivity contribution in [2.45, 2.75) is 85.4 Å². The van der Waals surface area contributed by atoms with Crippen LogP contribution < -0.4 is 14.5 Å². The second-order valence-corrected chi connectivity index (χ2v) is 19.4. The molecule has 0 fully saturated rings. The number of benzene rings is 6. The third-order valence-corrected chi connectivity index (χ3v) is 12.0. The molecule has 0 saturated heterocycles. The Morgan fingerprint density at radius 1 is 0.590 bits per heavy atom. The van der Waals surface area contributed by atoms with Crippen LogP contribution in [0.25, 0.3) is 38.8 Å². The van der Waals surface area contributed by atoms with Crippen LogP contribution >= 0.6 is 0 Å². The third-order valence-electron chi connectivity index (χ3n) is 12.0. The molecule has 6 heteroatoms.